The fourth-order valence-corrected chi connectivity index (χ4v) is 3.90. The molecule has 2 N–H and O–H groups in total. The molecule has 1 aromatic heterocycles. The second kappa shape index (κ2) is 10.1. The molecule has 0 bridgehead atoms. The predicted octanol–water partition coefficient (Wildman–Crippen LogP) is 4.19. The standard InChI is InChI=1S/C27H36N2O/c1-5-26(30)21-28(18-22-10-7-6-8-11-22)20-25-12-9-17-29(25)19-23-13-15-24(16-14-23)27(2,3)4/h6-17,26,30H,5,18-21H2,1-4H3/p+1/t26-/m1/s1. The van der Waals surface area contributed by atoms with E-state index in [4.69, 9.17) is 0 Å². The van der Waals surface area contributed by atoms with Crippen LogP contribution in [-0.2, 0) is 25.0 Å². The number of hydrogen-bond acceptors (Lipinski definition) is 1. The van der Waals surface area contributed by atoms with E-state index in [-0.39, 0.29) is 11.5 Å². The lowest BCUT2D eigenvalue weighted by Crippen LogP contribution is -3.10. The van der Waals surface area contributed by atoms with Crippen molar-refractivity contribution < 1.29 is 10.0 Å². The van der Waals surface area contributed by atoms with Gasteiger partial charge in [-0.3, -0.25) is 0 Å². The van der Waals surface area contributed by atoms with Gasteiger partial charge in [0.05, 0.1) is 5.69 Å². The van der Waals surface area contributed by atoms with E-state index >= 15 is 0 Å². The highest BCUT2D eigenvalue weighted by molar-refractivity contribution is 5.28. The lowest BCUT2D eigenvalue weighted by molar-refractivity contribution is -0.930. The molecule has 30 heavy (non-hydrogen) atoms. The number of quaternary nitrogens is 1. The molecule has 160 valence electrons. The van der Waals surface area contributed by atoms with Crippen LogP contribution < -0.4 is 4.90 Å². The highest BCUT2D eigenvalue weighted by Crippen LogP contribution is 2.22. The fourth-order valence-electron chi connectivity index (χ4n) is 3.90. The van der Waals surface area contributed by atoms with E-state index in [1.54, 1.807) is 0 Å². The van der Waals surface area contributed by atoms with Gasteiger partial charge in [0.1, 0.15) is 25.7 Å². The summed E-state index contributed by atoms with van der Waals surface area (Å²) < 4.78 is 2.34. The maximum atomic E-state index is 10.3. The Morgan fingerprint density at radius 2 is 1.57 bits per heavy atom. The zero-order valence-electron chi connectivity index (χ0n) is 18.9. The van der Waals surface area contributed by atoms with Gasteiger partial charge in [-0.2, -0.15) is 0 Å². The van der Waals surface area contributed by atoms with Gasteiger partial charge in [-0.1, -0.05) is 82.3 Å². The first kappa shape index (κ1) is 22.3. The molecule has 3 nitrogen and oxygen atoms in total. The molecule has 0 fully saturated rings. The number of hydrogen-bond donors (Lipinski definition) is 2. The van der Waals surface area contributed by atoms with E-state index in [1.807, 2.05) is 0 Å². The Hall–Kier alpha value is -2.36. The van der Waals surface area contributed by atoms with E-state index in [0.717, 1.165) is 32.6 Å². The van der Waals surface area contributed by atoms with Crippen molar-refractivity contribution in [2.24, 2.45) is 0 Å². The fraction of sp³-hybridized carbons (Fsp3) is 0.407. The van der Waals surface area contributed by atoms with Gasteiger partial charge < -0.3 is 14.6 Å². The van der Waals surface area contributed by atoms with Crippen LogP contribution in [0.15, 0.2) is 72.9 Å². The van der Waals surface area contributed by atoms with Crippen LogP contribution in [0.25, 0.3) is 0 Å². The number of nitrogens with one attached hydrogen (secondary N) is 1. The van der Waals surface area contributed by atoms with Crippen LogP contribution in [0.4, 0.5) is 0 Å². The minimum atomic E-state index is -0.267. The average Bonchev–Trinajstić information content (AvgIpc) is 3.14. The zero-order chi connectivity index (χ0) is 21.6. The van der Waals surface area contributed by atoms with Crippen molar-refractivity contribution in [3.05, 3.63) is 95.3 Å². The molecule has 0 saturated carbocycles. The van der Waals surface area contributed by atoms with Crippen LogP contribution in [0.2, 0.25) is 0 Å². The molecule has 2 aromatic carbocycles. The Kier molecular flexibility index (Phi) is 7.52. The molecule has 0 amide bonds. The molecule has 1 heterocycles. The van der Waals surface area contributed by atoms with Crippen LogP contribution in [0.1, 0.15) is 56.5 Å². The predicted molar refractivity (Wildman–Crippen MR) is 125 cm³/mol. The molecule has 0 aliphatic heterocycles. The zero-order valence-corrected chi connectivity index (χ0v) is 18.9. The minimum absolute atomic E-state index is 0.179. The van der Waals surface area contributed by atoms with Gasteiger partial charge in [-0.05, 0) is 35.1 Å². The van der Waals surface area contributed by atoms with Crippen molar-refractivity contribution in [1.82, 2.24) is 4.57 Å². The van der Waals surface area contributed by atoms with Crippen molar-refractivity contribution in [3.63, 3.8) is 0 Å². The Morgan fingerprint density at radius 3 is 2.20 bits per heavy atom. The van der Waals surface area contributed by atoms with Crippen LogP contribution in [0, 0.1) is 0 Å². The third kappa shape index (κ3) is 6.32. The van der Waals surface area contributed by atoms with E-state index in [2.05, 4.69) is 105 Å². The SMILES string of the molecule is CC[C@@H](O)C[NH+](Cc1ccccc1)Cc1cccn1Cc1ccc(C(C)(C)C)cc1. The highest BCUT2D eigenvalue weighted by atomic mass is 16.3. The molecule has 0 spiro atoms. The Balaban J connectivity index is 1.72. The molecule has 3 heteroatoms. The molecule has 3 aromatic rings. The molecule has 0 aliphatic rings. The van der Waals surface area contributed by atoms with E-state index < -0.39 is 0 Å². The third-order valence-corrected chi connectivity index (χ3v) is 5.82. The summed E-state index contributed by atoms with van der Waals surface area (Å²) in [6.07, 6.45) is 2.69. The molecular formula is C27H37N2O+. The van der Waals surface area contributed by atoms with Crippen molar-refractivity contribution in [2.75, 3.05) is 6.54 Å². The van der Waals surface area contributed by atoms with E-state index in [1.165, 1.54) is 27.3 Å². The summed E-state index contributed by atoms with van der Waals surface area (Å²) in [5, 5.41) is 10.3. The number of aliphatic hydroxyl groups is 1. The average molecular weight is 406 g/mol. The summed E-state index contributed by atoms with van der Waals surface area (Å²) in [5.41, 5.74) is 5.49. The Morgan fingerprint density at radius 1 is 0.867 bits per heavy atom. The van der Waals surface area contributed by atoms with Gasteiger partial charge in [-0.15, -0.1) is 0 Å². The lowest BCUT2D eigenvalue weighted by Gasteiger charge is -2.23. The second-order valence-corrected chi connectivity index (χ2v) is 9.43. The first-order chi connectivity index (χ1) is 14.3. The summed E-state index contributed by atoms with van der Waals surface area (Å²) in [5.74, 6) is 0. The maximum Gasteiger partial charge on any atom is 0.118 e. The van der Waals surface area contributed by atoms with Crippen molar-refractivity contribution in [2.45, 2.75) is 65.3 Å². The van der Waals surface area contributed by atoms with Gasteiger partial charge in [0.2, 0.25) is 0 Å². The Bertz CT molecular complexity index is 891. The van der Waals surface area contributed by atoms with E-state index in [9.17, 15) is 5.11 Å². The summed E-state index contributed by atoms with van der Waals surface area (Å²) in [6.45, 7) is 12.3. The van der Waals surface area contributed by atoms with Gasteiger partial charge in [0.25, 0.3) is 0 Å². The summed E-state index contributed by atoms with van der Waals surface area (Å²) >= 11 is 0. The summed E-state index contributed by atoms with van der Waals surface area (Å²) in [6, 6.07) is 23.9. The number of nitrogens with zero attached hydrogens (tertiary/aromatic N) is 1. The number of aliphatic hydroxyl groups excluding tert-OH is 1. The second-order valence-electron chi connectivity index (χ2n) is 9.43. The largest absolute Gasteiger partial charge is 0.387 e. The van der Waals surface area contributed by atoms with E-state index in [0.29, 0.717) is 0 Å². The molecule has 1 unspecified atom stereocenters. The lowest BCUT2D eigenvalue weighted by atomic mass is 9.87. The Labute approximate surface area is 182 Å². The molecule has 2 atom stereocenters. The van der Waals surface area contributed by atoms with Gasteiger partial charge in [-0.25, -0.2) is 0 Å². The number of rotatable bonds is 9. The first-order valence-electron chi connectivity index (χ1n) is 11.1. The number of aromatic nitrogens is 1. The maximum absolute atomic E-state index is 10.3. The van der Waals surface area contributed by atoms with Crippen molar-refractivity contribution >= 4 is 0 Å². The van der Waals surface area contributed by atoms with Crippen LogP contribution in [0.3, 0.4) is 0 Å². The normalized spacial score (nSPS) is 13.9. The topological polar surface area (TPSA) is 29.6 Å². The quantitative estimate of drug-likeness (QED) is 0.549. The molecule has 0 saturated heterocycles. The van der Waals surface area contributed by atoms with Gasteiger partial charge in [0.15, 0.2) is 0 Å². The molecular weight excluding hydrogens is 368 g/mol. The molecule has 3 rings (SSSR count). The highest BCUT2D eigenvalue weighted by Gasteiger charge is 2.17. The molecule has 0 aliphatic carbocycles. The van der Waals surface area contributed by atoms with Crippen LogP contribution in [0.5, 0.6) is 0 Å². The monoisotopic (exact) mass is 405 g/mol. The minimum Gasteiger partial charge on any atom is -0.387 e. The van der Waals surface area contributed by atoms with Crippen molar-refractivity contribution in [1.29, 1.82) is 0 Å². The van der Waals surface area contributed by atoms with Crippen molar-refractivity contribution in [3.8, 4) is 0 Å². The number of benzene rings is 2. The smallest absolute Gasteiger partial charge is 0.118 e. The third-order valence-electron chi connectivity index (χ3n) is 5.82. The summed E-state index contributed by atoms with van der Waals surface area (Å²) in [4.78, 5) is 1.39. The van der Waals surface area contributed by atoms with Crippen LogP contribution >= 0.6 is 0 Å². The van der Waals surface area contributed by atoms with Gasteiger partial charge >= 0.3 is 0 Å². The first-order valence-corrected chi connectivity index (χ1v) is 11.1. The van der Waals surface area contributed by atoms with Gasteiger partial charge in [0, 0.05) is 18.3 Å². The van der Waals surface area contributed by atoms with Crippen LogP contribution in [-0.4, -0.2) is 22.3 Å². The summed E-state index contributed by atoms with van der Waals surface area (Å²) in [7, 11) is 0. The molecule has 0 radical (unpaired) electrons.